The Morgan fingerprint density at radius 2 is 1.73 bits per heavy atom. The highest BCUT2D eigenvalue weighted by Gasteiger charge is 2.37. The van der Waals surface area contributed by atoms with E-state index in [4.69, 9.17) is 0 Å². The highest BCUT2D eigenvalue weighted by molar-refractivity contribution is 6.04. The van der Waals surface area contributed by atoms with Crippen molar-refractivity contribution in [2.75, 3.05) is 31.1 Å². The van der Waals surface area contributed by atoms with Crippen molar-refractivity contribution in [2.45, 2.75) is 51.1 Å². The predicted molar refractivity (Wildman–Crippen MR) is 187 cm³/mol. The van der Waals surface area contributed by atoms with Gasteiger partial charge in [-0.2, -0.15) is 18.3 Å². The van der Waals surface area contributed by atoms with Crippen molar-refractivity contribution in [3.63, 3.8) is 0 Å². The first-order chi connectivity index (χ1) is 24.3. The average molecular weight is 703 g/mol. The fraction of sp³-hybridized carbons (Fsp3) is 0.316. The quantitative estimate of drug-likeness (QED) is 0.213. The van der Waals surface area contributed by atoms with Crippen molar-refractivity contribution in [1.29, 1.82) is 0 Å². The summed E-state index contributed by atoms with van der Waals surface area (Å²) in [6.07, 6.45) is -1.98. The van der Waals surface area contributed by atoms with E-state index in [1.54, 1.807) is 17.8 Å². The SMILES string of the molecule is C=C(CN1CCC(C)(O)C1)C(=O)NCc1ccccc1.CCN1C(=O)C(NC(=O)c2cccc(C(F)(F)F)c2)Cc2cnn(-c3ccccc3)c21. The van der Waals surface area contributed by atoms with Crippen LogP contribution in [-0.2, 0) is 28.7 Å². The van der Waals surface area contributed by atoms with Crippen LogP contribution < -0.4 is 15.5 Å². The van der Waals surface area contributed by atoms with Crippen LogP contribution in [0.15, 0.2) is 103 Å². The van der Waals surface area contributed by atoms with Crippen molar-refractivity contribution in [3.05, 3.63) is 126 Å². The lowest BCUT2D eigenvalue weighted by Gasteiger charge is -2.32. The van der Waals surface area contributed by atoms with Gasteiger partial charge in [0.05, 0.1) is 23.0 Å². The smallest absolute Gasteiger partial charge is 0.389 e. The molecule has 3 N–H and O–H groups in total. The van der Waals surface area contributed by atoms with Gasteiger partial charge in [0.1, 0.15) is 11.9 Å². The van der Waals surface area contributed by atoms with Crippen LogP contribution in [-0.4, -0.2) is 75.3 Å². The van der Waals surface area contributed by atoms with Gasteiger partial charge in [0.25, 0.3) is 11.8 Å². The molecule has 1 saturated heterocycles. The zero-order valence-corrected chi connectivity index (χ0v) is 28.5. The van der Waals surface area contributed by atoms with Gasteiger partial charge in [0.2, 0.25) is 5.91 Å². The third-order valence-electron chi connectivity index (χ3n) is 8.70. The summed E-state index contributed by atoms with van der Waals surface area (Å²) in [5.74, 6) is -0.573. The highest BCUT2D eigenvalue weighted by Crippen LogP contribution is 2.32. The highest BCUT2D eigenvalue weighted by atomic mass is 19.4. The van der Waals surface area contributed by atoms with E-state index < -0.39 is 29.3 Å². The summed E-state index contributed by atoms with van der Waals surface area (Å²) in [5, 5.41) is 19.7. The molecule has 6 rings (SSSR count). The molecule has 2 aliphatic heterocycles. The number of β-amino-alcohol motifs (C(OH)–C–C–N with tert-alkyl or cyclic N) is 1. The fourth-order valence-electron chi connectivity index (χ4n) is 6.08. The van der Waals surface area contributed by atoms with Crippen molar-refractivity contribution in [1.82, 2.24) is 25.3 Å². The topological polar surface area (TPSA) is 120 Å². The summed E-state index contributed by atoms with van der Waals surface area (Å²) >= 11 is 0. The molecule has 13 heteroatoms. The Labute approximate surface area is 294 Å². The second kappa shape index (κ2) is 15.7. The molecule has 3 amide bonds. The Morgan fingerprint density at radius 1 is 1.04 bits per heavy atom. The number of likely N-dealkylation sites (tertiary alicyclic amines) is 1. The number of aromatic nitrogens is 2. The van der Waals surface area contributed by atoms with Gasteiger partial charge in [-0.05, 0) is 56.2 Å². The lowest BCUT2D eigenvalue weighted by Crippen LogP contribution is -2.53. The lowest BCUT2D eigenvalue weighted by molar-refractivity contribution is -0.137. The number of halogens is 3. The zero-order valence-electron chi connectivity index (χ0n) is 28.5. The Kier molecular flexibility index (Phi) is 11.4. The van der Waals surface area contributed by atoms with Crippen LogP contribution in [0.25, 0.3) is 5.69 Å². The van der Waals surface area contributed by atoms with E-state index >= 15 is 0 Å². The molecule has 0 spiro atoms. The number of nitrogens with zero attached hydrogens (tertiary/aromatic N) is 4. The molecule has 0 saturated carbocycles. The van der Waals surface area contributed by atoms with E-state index in [0.717, 1.165) is 41.9 Å². The number of carbonyl (C=O) groups is 3. The van der Waals surface area contributed by atoms with Crippen LogP contribution in [0.4, 0.5) is 19.0 Å². The third kappa shape index (κ3) is 9.30. The van der Waals surface area contributed by atoms with Crippen LogP contribution in [0.2, 0.25) is 0 Å². The molecule has 2 atom stereocenters. The largest absolute Gasteiger partial charge is 0.416 e. The van der Waals surface area contributed by atoms with Crippen molar-refractivity contribution < 1.29 is 32.7 Å². The summed E-state index contributed by atoms with van der Waals surface area (Å²) in [6.45, 7) is 10.2. The van der Waals surface area contributed by atoms with E-state index in [0.29, 0.717) is 37.6 Å². The number of hydrogen-bond acceptors (Lipinski definition) is 6. The first kappa shape index (κ1) is 37.0. The molecule has 3 heterocycles. The maximum Gasteiger partial charge on any atom is 0.416 e. The van der Waals surface area contributed by atoms with Gasteiger partial charge in [-0.1, -0.05) is 61.2 Å². The third-order valence-corrected chi connectivity index (χ3v) is 8.70. The minimum absolute atomic E-state index is 0.125. The Hall–Kier alpha value is -5.27. The number of benzene rings is 3. The van der Waals surface area contributed by atoms with E-state index in [1.165, 1.54) is 17.0 Å². The molecule has 1 fully saturated rings. The van der Waals surface area contributed by atoms with Crippen LogP contribution in [0.3, 0.4) is 0 Å². The predicted octanol–water partition coefficient (Wildman–Crippen LogP) is 4.91. The maximum absolute atomic E-state index is 13.1. The number of aliphatic hydroxyl groups is 1. The molecule has 0 aliphatic carbocycles. The van der Waals surface area contributed by atoms with E-state index in [9.17, 15) is 32.7 Å². The molecular weight excluding hydrogens is 661 g/mol. The Bertz CT molecular complexity index is 1860. The number of amides is 3. The Morgan fingerprint density at radius 3 is 2.35 bits per heavy atom. The molecular formula is C38H41F3N6O4. The van der Waals surface area contributed by atoms with E-state index in [1.807, 2.05) is 67.6 Å². The number of likely N-dealkylation sites (N-methyl/N-ethyl adjacent to an activating group) is 1. The minimum Gasteiger partial charge on any atom is -0.389 e. The molecule has 2 aliphatic rings. The molecule has 0 radical (unpaired) electrons. The number of carbonyl (C=O) groups excluding carboxylic acids is 3. The lowest BCUT2D eigenvalue weighted by atomic mass is 10.0. The standard InChI is InChI=1S/C22H19F3N4O2.C16H22N2O2/c1-2-28-20-15(13-26-29(20)17-9-4-3-5-10-17)12-18(21(28)31)27-19(30)14-7-6-8-16(11-14)22(23,24)25;1-13(11-18-9-8-16(2,20)12-18)15(19)17-10-14-6-4-3-5-7-14/h3-11,13,18H,2,12H2,1H3,(H,27,30);3-7,20H,1,8-12H2,2H3,(H,17,19). The van der Waals surface area contributed by atoms with Gasteiger partial charge >= 0.3 is 6.18 Å². The molecule has 10 nitrogen and oxygen atoms in total. The second-order valence-electron chi connectivity index (χ2n) is 12.9. The number of hydrogen-bond donors (Lipinski definition) is 3. The van der Waals surface area contributed by atoms with Gasteiger partial charge < -0.3 is 15.7 Å². The van der Waals surface area contributed by atoms with Gasteiger partial charge in [-0.3, -0.25) is 24.2 Å². The van der Waals surface area contributed by atoms with Crippen molar-refractivity contribution in [2.24, 2.45) is 0 Å². The monoisotopic (exact) mass is 702 g/mol. The van der Waals surface area contributed by atoms with E-state index in [2.05, 4.69) is 27.2 Å². The molecule has 268 valence electrons. The molecule has 51 heavy (non-hydrogen) atoms. The van der Waals surface area contributed by atoms with E-state index in [-0.39, 0.29) is 23.8 Å². The van der Waals surface area contributed by atoms with Crippen LogP contribution in [0.5, 0.6) is 0 Å². The van der Waals surface area contributed by atoms with Crippen molar-refractivity contribution in [3.8, 4) is 5.69 Å². The van der Waals surface area contributed by atoms with Gasteiger partial charge in [0.15, 0.2) is 0 Å². The first-order valence-corrected chi connectivity index (χ1v) is 16.6. The number of para-hydroxylation sites is 1. The molecule has 4 aromatic rings. The first-order valence-electron chi connectivity index (χ1n) is 16.6. The van der Waals surface area contributed by atoms with Crippen molar-refractivity contribution >= 4 is 23.5 Å². The Balaban J connectivity index is 0.000000218. The number of alkyl halides is 3. The number of fused-ring (bicyclic) bond motifs is 1. The molecule has 2 unspecified atom stereocenters. The van der Waals surface area contributed by atoms with Gasteiger partial charge in [0, 0.05) is 55.8 Å². The summed E-state index contributed by atoms with van der Waals surface area (Å²) in [6, 6.07) is 22.4. The average Bonchev–Trinajstić information content (AvgIpc) is 3.70. The van der Waals surface area contributed by atoms with Crippen LogP contribution in [0.1, 0.15) is 47.3 Å². The normalized spacial score (nSPS) is 18.7. The van der Waals surface area contributed by atoms with Gasteiger partial charge in [-0.25, -0.2) is 4.68 Å². The van der Waals surface area contributed by atoms with Crippen LogP contribution in [0, 0.1) is 0 Å². The second-order valence-corrected chi connectivity index (χ2v) is 12.9. The summed E-state index contributed by atoms with van der Waals surface area (Å²) in [7, 11) is 0. The number of anilines is 1. The fourth-order valence-corrected chi connectivity index (χ4v) is 6.08. The summed E-state index contributed by atoms with van der Waals surface area (Å²) in [4.78, 5) is 41.2. The summed E-state index contributed by atoms with van der Waals surface area (Å²) < 4.78 is 40.5. The zero-order chi connectivity index (χ0) is 36.8. The summed E-state index contributed by atoms with van der Waals surface area (Å²) in [5.41, 5.74) is 1.45. The molecule has 3 aromatic carbocycles. The van der Waals surface area contributed by atoms with Crippen LogP contribution >= 0.6 is 0 Å². The minimum atomic E-state index is -4.56. The number of rotatable bonds is 9. The molecule has 1 aromatic heterocycles. The molecule has 0 bridgehead atoms. The number of nitrogens with one attached hydrogen (secondary N) is 2. The van der Waals surface area contributed by atoms with Gasteiger partial charge in [-0.15, -0.1) is 0 Å². The maximum atomic E-state index is 13.1.